The van der Waals surface area contributed by atoms with Crippen molar-refractivity contribution in [2.24, 2.45) is 17.8 Å². The van der Waals surface area contributed by atoms with Crippen LogP contribution in [0.1, 0.15) is 53.4 Å². The molecule has 4 heteroatoms. The standard InChI is InChI=1S/C16H28N2O2/c1-10(2)7-14-16(20)18(12(4)15(19)17-14)9-13-6-5-11(3)8-13/h10-14H,5-9H2,1-4H3,(H,17,19). The van der Waals surface area contributed by atoms with E-state index < -0.39 is 0 Å². The maximum Gasteiger partial charge on any atom is 0.245 e. The van der Waals surface area contributed by atoms with Crippen LogP contribution in [0.2, 0.25) is 0 Å². The zero-order chi connectivity index (χ0) is 14.9. The molecule has 0 bridgehead atoms. The topological polar surface area (TPSA) is 49.4 Å². The minimum Gasteiger partial charge on any atom is -0.343 e. The first-order valence-electron chi connectivity index (χ1n) is 7.99. The Hall–Kier alpha value is -1.06. The number of hydrogen-bond acceptors (Lipinski definition) is 2. The van der Waals surface area contributed by atoms with Gasteiger partial charge in [0.2, 0.25) is 11.8 Å². The second-order valence-corrected chi connectivity index (χ2v) is 7.14. The highest BCUT2D eigenvalue weighted by Gasteiger charge is 2.39. The third kappa shape index (κ3) is 3.33. The van der Waals surface area contributed by atoms with Gasteiger partial charge in [-0.1, -0.05) is 27.2 Å². The molecule has 0 aromatic carbocycles. The number of piperazine rings is 1. The van der Waals surface area contributed by atoms with E-state index in [0.717, 1.165) is 18.9 Å². The van der Waals surface area contributed by atoms with Crippen LogP contribution in [0.25, 0.3) is 0 Å². The molecule has 1 N–H and O–H groups in total. The van der Waals surface area contributed by atoms with E-state index in [1.54, 1.807) is 0 Å². The van der Waals surface area contributed by atoms with Gasteiger partial charge < -0.3 is 10.2 Å². The Bertz CT molecular complexity index is 381. The molecule has 0 aromatic rings. The van der Waals surface area contributed by atoms with Crippen LogP contribution in [0.4, 0.5) is 0 Å². The Morgan fingerprint density at radius 3 is 2.50 bits per heavy atom. The fraction of sp³-hybridized carbons (Fsp3) is 0.875. The fourth-order valence-corrected chi connectivity index (χ4v) is 3.53. The summed E-state index contributed by atoms with van der Waals surface area (Å²) >= 11 is 0. The molecule has 4 atom stereocenters. The molecular weight excluding hydrogens is 252 g/mol. The van der Waals surface area contributed by atoms with Gasteiger partial charge in [0.05, 0.1) is 0 Å². The first kappa shape index (κ1) is 15.3. The molecule has 114 valence electrons. The molecule has 2 rings (SSSR count). The van der Waals surface area contributed by atoms with E-state index in [-0.39, 0.29) is 23.9 Å². The van der Waals surface area contributed by atoms with Crippen molar-refractivity contribution >= 4 is 11.8 Å². The van der Waals surface area contributed by atoms with Crippen LogP contribution in [-0.4, -0.2) is 35.3 Å². The quantitative estimate of drug-likeness (QED) is 0.858. The first-order chi connectivity index (χ1) is 9.38. The molecule has 1 aliphatic heterocycles. The molecule has 4 nitrogen and oxygen atoms in total. The maximum atomic E-state index is 12.6. The van der Waals surface area contributed by atoms with Gasteiger partial charge >= 0.3 is 0 Å². The lowest BCUT2D eigenvalue weighted by atomic mass is 9.97. The summed E-state index contributed by atoms with van der Waals surface area (Å²) in [5.41, 5.74) is 0. The highest BCUT2D eigenvalue weighted by atomic mass is 16.2. The third-order valence-electron chi connectivity index (χ3n) is 4.71. The molecule has 1 heterocycles. The summed E-state index contributed by atoms with van der Waals surface area (Å²) in [5, 5.41) is 2.88. The predicted octanol–water partition coefficient (Wildman–Crippen LogP) is 2.18. The van der Waals surface area contributed by atoms with Gasteiger partial charge in [0.15, 0.2) is 0 Å². The molecule has 4 unspecified atom stereocenters. The number of nitrogens with one attached hydrogen (secondary N) is 1. The van der Waals surface area contributed by atoms with E-state index in [1.165, 1.54) is 19.3 Å². The average Bonchev–Trinajstić information content (AvgIpc) is 2.77. The van der Waals surface area contributed by atoms with Crippen LogP contribution in [0.5, 0.6) is 0 Å². The number of rotatable bonds is 4. The molecule has 20 heavy (non-hydrogen) atoms. The van der Waals surface area contributed by atoms with Crippen molar-refractivity contribution in [3.8, 4) is 0 Å². The molecule has 2 amide bonds. The summed E-state index contributed by atoms with van der Waals surface area (Å²) in [4.78, 5) is 26.5. The van der Waals surface area contributed by atoms with Gasteiger partial charge in [-0.2, -0.15) is 0 Å². The Morgan fingerprint density at radius 2 is 1.95 bits per heavy atom. The zero-order valence-corrected chi connectivity index (χ0v) is 13.2. The highest BCUT2D eigenvalue weighted by molar-refractivity contribution is 5.96. The Morgan fingerprint density at radius 1 is 1.25 bits per heavy atom. The molecule has 0 spiro atoms. The van der Waals surface area contributed by atoms with E-state index in [9.17, 15) is 9.59 Å². The van der Waals surface area contributed by atoms with E-state index in [1.807, 2.05) is 11.8 Å². The molecule has 1 aliphatic carbocycles. The summed E-state index contributed by atoms with van der Waals surface area (Å²) in [6, 6.07) is -0.639. The van der Waals surface area contributed by atoms with E-state index in [0.29, 0.717) is 11.8 Å². The SMILES string of the molecule is CC(C)CC1NC(=O)C(C)N(CC2CCC(C)C2)C1=O. The second-order valence-electron chi connectivity index (χ2n) is 7.14. The lowest BCUT2D eigenvalue weighted by molar-refractivity contribution is -0.149. The van der Waals surface area contributed by atoms with Crippen LogP contribution >= 0.6 is 0 Å². The van der Waals surface area contributed by atoms with Crippen molar-refractivity contribution in [2.75, 3.05) is 6.54 Å². The smallest absolute Gasteiger partial charge is 0.245 e. The molecule has 1 saturated carbocycles. The fourth-order valence-electron chi connectivity index (χ4n) is 3.53. The van der Waals surface area contributed by atoms with Gasteiger partial charge in [0, 0.05) is 6.54 Å². The number of carbonyl (C=O) groups excluding carboxylic acids is 2. The van der Waals surface area contributed by atoms with Crippen molar-refractivity contribution in [2.45, 2.75) is 65.5 Å². The van der Waals surface area contributed by atoms with Crippen molar-refractivity contribution in [1.29, 1.82) is 0 Å². The van der Waals surface area contributed by atoms with Crippen molar-refractivity contribution in [3.63, 3.8) is 0 Å². The lowest BCUT2D eigenvalue weighted by Crippen LogP contribution is -2.63. The molecular formula is C16H28N2O2. The van der Waals surface area contributed by atoms with Crippen molar-refractivity contribution in [3.05, 3.63) is 0 Å². The van der Waals surface area contributed by atoms with Crippen molar-refractivity contribution < 1.29 is 9.59 Å². The first-order valence-corrected chi connectivity index (χ1v) is 7.99. The van der Waals surface area contributed by atoms with Crippen LogP contribution < -0.4 is 5.32 Å². The van der Waals surface area contributed by atoms with Crippen LogP contribution in [0.3, 0.4) is 0 Å². The molecule has 0 radical (unpaired) electrons. The predicted molar refractivity (Wildman–Crippen MR) is 79.1 cm³/mol. The van der Waals surface area contributed by atoms with Crippen LogP contribution in [0, 0.1) is 17.8 Å². The zero-order valence-electron chi connectivity index (χ0n) is 13.2. The average molecular weight is 280 g/mol. The van der Waals surface area contributed by atoms with Gasteiger partial charge in [0.1, 0.15) is 12.1 Å². The number of nitrogens with zero attached hydrogens (tertiary/aromatic N) is 1. The Labute approximate surface area is 122 Å². The van der Waals surface area contributed by atoms with Crippen molar-refractivity contribution in [1.82, 2.24) is 10.2 Å². The molecule has 0 aromatic heterocycles. The summed E-state index contributed by atoms with van der Waals surface area (Å²) in [6.45, 7) is 9.04. The third-order valence-corrected chi connectivity index (χ3v) is 4.71. The van der Waals surface area contributed by atoms with E-state index in [2.05, 4.69) is 26.1 Å². The summed E-state index contributed by atoms with van der Waals surface area (Å²) in [5.74, 6) is 1.86. The van der Waals surface area contributed by atoms with E-state index >= 15 is 0 Å². The summed E-state index contributed by atoms with van der Waals surface area (Å²) in [6.07, 6.45) is 4.36. The summed E-state index contributed by atoms with van der Waals surface area (Å²) < 4.78 is 0. The van der Waals surface area contributed by atoms with Crippen LogP contribution in [-0.2, 0) is 9.59 Å². The maximum absolute atomic E-state index is 12.6. The largest absolute Gasteiger partial charge is 0.343 e. The van der Waals surface area contributed by atoms with Gasteiger partial charge in [-0.05, 0) is 43.9 Å². The highest BCUT2D eigenvalue weighted by Crippen LogP contribution is 2.32. The second kappa shape index (κ2) is 6.15. The molecule has 2 aliphatic rings. The summed E-state index contributed by atoms with van der Waals surface area (Å²) in [7, 11) is 0. The Kier molecular flexibility index (Phi) is 4.71. The number of amides is 2. The minimum absolute atomic E-state index is 0.00120. The molecule has 2 fully saturated rings. The number of hydrogen-bond donors (Lipinski definition) is 1. The number of carbonyl (C=O) groups is 2. The van der Waals surface area contributed by atoms with E-state index in [4.69, 9.17) is 0 Å². The minimum atomic E-state index is -0.322. The van der Waals surface area contributed by atoms with Gasteiger partial charge in [-0.15, -0.1) is 0 Å². The Balaban J connectivity index is 2.03. The van der Waals surface area contributed by atoms with Gasteiger partial charge in [-0.3, -0.25) is 9.59 Å². The lowest BCUT2D eigenvalue weighted by Gasteiger charge is -2.39. The normalized spacial score (nSPS) is 34.8. The van der Waals surface area contributed by atoms with Crippen LogP contribution in [0.15, 0.2) is 0 Å². The molecule has 1 saturated heterocycles. The van der Waals surface area contributed by atoms with Gasteiger partial charge in [-0.25, -0.2) is 0 Å². The van der Waals surface area contributed by atoms with Gasteiger partial charge in [0.25, 0.3) is 0 Å². The monoisotopic (exact) mass is 280 g/mol.